The second-order valence-electron chi connectivity index (χ2n) is 4.94. The van der Waals surface area contributed by atoms with E-state index in [1.165, 1.54) is 17.7 Å². The molecule has 20 heavy (non-hydrogen) atoms. The molecule has 2 aromatic rings. The van der Waals surface area contributed by atoms with Gasteiger partial charge in [-0.3, -0.25) is 0 Å². The van der Waals surface area contributed by atoms with Gasteiger partial charge in [-0.05, 0) is 43.3 Å². The van der Waals surface area contributed by atoms with Gasteiger partial charge in [-0.2, -0.15) is 0 Å². The van der Waals surface area contributed by atoms with Gasteiger partial charge in [0.2, 0.25) is 0 Å². The van der Waals surface area contributed by atoms with Crippen LogP contribution in [0.5, 0.6) is 0 Å². The van der Waals surface area contributed by atoms with Crippen molar-refractivity contribution in [3.63, 3.8) is 0 Å². The molecular formula is C17H21FN2. The number of hydrogen-bond acceptors (Lipinski definition) is 2. The molecule has 0 amide bonds. The van der Waals surface area contributed by atoms with E-state index in [1.807, 2.05) is 32.3 Å². The Morgan fingerprint density at radius 1 is 1.05 bits per heavy atom. The summed E-state index contributed by atoms with van der Waals surface area (Å²) in [6.07, 6.45) is 0.994. The topological polar surface area (TPSA) is 15.3 Å². The number of nitrogens with one attached hydrogen (secondary N) is 1. The van der Waals surface area contributed by atoms with Crippen LogP contribution >= 0.6 is 0 Å². The van der Waals surface area contributed by atoms with Gasteiger partial charge in [0.05, 0.1) is 0 Å². The zero-order valence-electron chi connectivity index (χ0n) is 12.0. The zero-order chi connectivity index (χ0) is 14.4. The average Bonchev–Trinajstić information content (AvgIpc) is 2.49. The summed E-state index contributed by atoms with van der Waals surface area (Å²) in [5, 5.41) is 3.35. The summed E-state index contributed by atoms with van der Waals surface area (Å²) in [5.41, 5.74) is 2.33. The lowest BCUT2D eigenvalue weighted by Crippen LogP contribution is -2.25. The smallest absolute Gasteiger partial charge is 0.123 e. The molecule has 0 spiro atoms. The maximum Gasteiger partial charge on any atom is 0.123 e. The predicted octanol–water partition coefficient (Wildman–Crippen LogP) is 3.61. The molecule has 2 aromatic carbocycles. The van der Waals surface area contributed by atoms with E-state index in [9.17, 15) is 4.39 Å². The van der Waals surface area contributed by atoms with Crippen LogP contribution in [0.15, 0.2) is 54.6 Å². The van der Waals surface area contributed by atoms with Gasteiger partial charge in [-0.25, -0.2) is 4.39 Å². The quantitative estimate of drug-likeness (QED) is 0.864. The first-order valence-corrected chi connectivity index (χ1v) is 6.89. The highest BCUT2D eigenvalue weighted by Gasteiger charge is 2.10. The number of halogens is 1. The zero-order valence-corrected chi connectivity index (χ0v) is 12.0. The molecule has 0 bridgehead atoms. The van der Waals surface area contributed by atoms with Crippen molar-refractivity contribution in [3.05, 3.63) is 66.0 Å². The van der Waals surface area contributed by atoms with Crippen LogP contribution in [-0.4, -0.2) is 20.6 Å². The molecule has 0 saturated carbocycles. The summed E-state index contributed by atoms with van der Waals surface area (Å²) >= 11 is 0. The van der Waals surface area contributed by atoms with Crippen molar-refractivity contribution in [2.75, 3.05) is 25.5 Å². The van der Waals surface area contributed by atoms with E-state index in [1.54, 1.807) is 0 Å². The molecule has 1 unspecified atom stereocenters. The largest absolute Gasteiger partial charge is 0.375 e. The molecule has 1 atom stereocenters. The molecule has 0 fully saturated rings. The molecule has 0 aliphatic heterocycles. The fourth-order valence-electron chi connectivity index (χ4n) is 2.31. The third kappa shape index (κ3) is 3.81. The van der Waals surface area contributed by atoms with Crippen LogP contribution in [0.2, 0.25) is 0 Å². The van der Waals surface area contributed by atoms with Crippen LogP contribution < -0.4 is 10.2 Å². The lowest BCUT2D eigenvalue weighted by atomic mass is 10.0. The maximum absolute atomic E-state index is 12.9. The van der Waals surface area contributed by atoms with Crippen LogP contribution in [0.3, 0.4) is 0 Å². The summed E-state index contributed by atoms with van der Waals surface area (Å²) in [6, 6.07) is 17.4. The molecule has 0 radical (unpaired) electrons. The van der Waals surface area contributed by atoms with Crippen molar-refractivity contribution < 1.29 is 4.39 Å². The van der Waals surface area contributed by atoms with Crippen molar-refractivity contribution >= 4 is 5.69 Å². The number of hydrogen-bond donors (Lipinski definition) is 1. The minimum absolute atomic E-state index is 0.195. The van der Waals surface area contributed by atoms with Gasteiger partial charge in [-0.15, -0.1) is 0 Å². The lowest BCUT2D eigenvalue weighted by molar-refractivity contribution is 0.549. The Labute approximate surface area is 120 Å². The molecule has 0 aromatic heterocycles. The Morgan fingerprint density at radius 3 is 2.30 bits per heavy atom. The molecular weight excluding hydrogens is 251 g/mol. The molecule has 0 aliphatic rings. The molecule has 0 saturated heterocycles. The molecule has 2 nitrogen and oxygen atoms in total. The highest BCUT2D eigenvalue weighted by atomic mass is 19.1. The van der Waals surface area contributed by atoms with Crippen molar-refractivity contribution in [2.45, 2.75) is 12.5 Å². The van der Waals surface area contributed by atoms with Gasteiger partial charge in [0, 0.05) is 25.3 Å². The van der Waals surface area contributed by atoms with Crippen LogP contribution in [-0.2, 0) is 0 Å². The van der Waals surface area contributed by atoms with Gasteiger partial charge in [0.15, 0.2) is 0 Å². The van der Waals surface area contributed by atoms with Crippen molar-refractivity contribution in [2.24, 2.45) is 0 Å². The SMILES string of the molecule is CNC(CCN(C)c1ccc(F)cc1)c1ccccc1. The minimum atomic E-state index is -0.195. The third-order valence-corrected chi connectivity index (χ3v) is 3.57. The summed E-state index contributed by atoms with van der Waals surface area (Å²) < 4.78 is 12.9. The number of rotatable bonds is 6. The summed E-state index contributed by atoms with van der Waals surface area (Å²) in [6.45, 7) is 0.909. The van der Waals surface area contributed by atoms with Gasteiger partial charge in [0.1, 0.15) is 5.82 Å². The van der Waals surface area contributed by atoms with E-state index >= 15 is 0 Å². The fraction of sp³-hybridized carbons (Fsp3) is 0.294. The second-order valence-corrected chi connectivity index (χ2v) is 4.94. The van der Waals surface area contributed by atoms with Crippen molar-refractivity contribution in [1.82, 2.24) is 5.32 Å². The average molecular weight is 272 g/mol. The first kappa shape index (κ1) is 14.5. The van der Waals surface area contributed by atoms with Crippen LogP contribution in [0.4, 0.5) is 10.1 Å². The summed E-state index contributed by atoms with van der Waals surface area (Å²) in [4.78, 5) is 2.15. The van der Waals surface area contributed by atoms with Gasteiger partial charge < -0.3 is 10.2 Å². The number of benzene rings is 2. The van der Waals surface area contributed by atoms with E-state index in [2.05, 4.69) is 34.5 Å². The molecule has 0 heterocycles. The Morgan fingerprint density at radius 2 is 1.70 bits per heavy atom. The Balaban J connectivity index is 1.94. The highest BCUT2D eigenvalue weighted by Crippen LogP contribution is 2.19. The molecule has 106 valence electrons. The van der Waals surface area contributed by atoms with Crippen molar-refractivity contribution in [1.29, 1.82) is 0 Å². The fourth-order valence-corrected chi connectivity index (χ4v) is 2.31. The summed E-state index contributed by atoms with van der Waals surface area (Å²) in [7, 11) is 4.01. The minimum Gasteiger partial charge on any atom is -0.375 e. The van der Waals surface area contributed by atoms with Crippen LogP contribution in [0, 0.1) is 5.82 Å². The molecule has 0 aliphatic carbocycles. The molecule has 1 N–H and O–H groups in total. The highest BCUT2D eigenvalue weighted by molar-refractivity contribution is 5.45. The molecule has 3 heteroatoms. The number of nitrogens with zero attached hydrogens (tertiary/aromatic N) is 1. The Kier molecular flexibility index (Phi) is 5.13. The van der Waals surface area contributed by atoms with Crippen molar-refractivity contribution in [3.8, 4) is 0 Å². The van der Waals surface area contributed by atoms with E-state index < -0.39 is 0 Å². The third-order valence-electron chi connectivity index (χ3n) is 3.57. The van der Waals surface area contributed by atoms with Gasteiger partial charge in [-0.1, -0.05) is 30.3 Å². The predicted molar refractivity (Wildman–Crippen MR) is 82.5 cm³/mol. The Hall–Kier alpha value is -1.87. The van der Waals surface area contributed by atoms with Gasteiger partial charge >= 0.3 is 0 Å². The standard InChI is InChI=1S/C17H21FN2/c1-19-17(14-6-4-3-5-7-14)12-13-20(2)16-10-8-15(18)9-11-16/h3-11,17,19H,12-13H2,1-2H3. The molecule has 2 rings (SSSR count). The monoisotopic (exact) mass is 272 g/mol. The first-order chi connectivity index (χ1) is 9.70. The van der Waals surface area contributed by atoms with Crippen LogP contribution in [0.25, 0.3) is 0 Å². The summed E-state index contributed by atoms with van der Waals surface area (Å²) in [5.74, 6) is -0.195. The lowest BCUT2D eigenvalue weighted by Gasteiger charge is -2.23. The Bertz CT molecular complexity index is 510. The second kappa shape index (κ2) is 7.06. The van der Waals surface area contributed by atoms with E-state index in [0.29, 0.717) is 6.04 Å². The van der Waals surface area contributed by atoms with Gasteiger partial charge in [0.25, 0.3) is 0 Å². The first-order valence-electron chi connectivity index (χ1n) is 6.89. The van der Waals surface area contributed by atoms with E-state index in [0.717, 1.165) is 18.7 Å². The van der Waals surface area contributed by atoms with E-state index in [-0.39, 0.29) is 5.82 Å². The maximum atomic E-state index is 12.9. The van der Waals surface area contributed by atoms with E-state index in [4.69, 9.17) is 0 Å². The van der Waals surface area contributed by atoms with Crippen LogP contribution in [0.1, 0.15) is 18.0 Å². The normalized spacial score (nSPS) is 12.2. The number of anilines is 1.